The zero-order chi connectivity index (χ0) is 20.3. The van der Waals surface area contributed by atoms with E-state index >= 15 is 0 Å². The zero-order valence-corrected chi connectivity index (χ0v) is 17.5. The molecule has 0 aromatic heterocycles. The molecule has 3 nitrogen and oxygen atoms in total. The Kier molecular flexibility index (Phi) is 5.74. The summed E-state index contributed by atoms with van der Waals surface area (Å²) in [4.78, 5) is 0. The predicted molar refractivity (Wildman–Crippen MR) is 119 cm³/mol. The molecule has 0 aliphatic heterocycles. The highest BCUT2D eigenvalue weighted by Crippen LogP contribution is 2.57. The first-order chi connectivity index (χ1) is 14.1. The number of benzene rings is 3. The van der Waals surface area contributed by atoms with Gasteiger partial charge in [-0.1, -0.05) is 97.4 Å². The summed E-state index contributed by atoms with van der Waals surface area (Å²) >= 11 is 0. The van der Waals surface area contributed by atoms with E-state index in [2.05, 4.69) is 12.1 Å². The maximum atomic E-state index is 14.7. The lowest BCUT2D eigenvalue weighted by atomic mass is 9.61. The van der Waals surface area contributed by atoms with E-state index in [1.165, 1.54) is 0 Å². The molecule has 0 saturated heterocycles. The fraction of sp³-hybridized carbons (Fsp3) is 0.280. The molecule has 1 N–H and O–H groups in total. The van der Waals surface area contributed by atoms with Gasteiger partial charge in [0.05, 0.1) is 6.10 Å². The fourth-order valence-corrected chi connectivity index (χ4v) is 7.67. The van der Waals surface area contributed by atoms with Gasteiger partial charge in [0.15, 0.2) is 7.14 Å². The Morgan fingerprint density at radius 3 is 1.66 bits per heavy atom. The minimum Gasteiger partial charge on any atom is -0.389 e. The van der Waals surface area contributed by atoms with E-state index in [0.717, 1.165) is 24.8 Å². The molecule has 1 saturated carbocycles. The number of aliphatic hydroxyl groups excluding tert-OH is 1. The van der Waals surface area contributed by atoms with Crippen LogP contribution < -0.4 is 10.6 Å². The Morgan fingerprint density at radius 2 is 1.28 bits per heavy atom. The van der Waals surface area contributed by atoms with E-state index in [1.54, 1.807) is 7.11 Å². The van der Waals surface area contributed by atoms with Gasteiger partial charge < -0.3 is 14.4 Å². The monoisotopic (exact) mass is 406 g/mol. The van der Waals surface area contributed by atoms with Gasteiger partial charge in [0, 0.05) is 23.1 Å². The van der Waals surface area contributed by atoms with Gasteiger partial charge in [0.1, 0.15) is 5.85 Å². The number of hydrogen-bond donors (Lipinski definition) is 1. The summed E-state index contributed by atoms with van der Waals surface area (Å²) < 4.78 is 20.6. The molecule has 0 radical (unpaired) electrons. The second kappa shape index (κ2) is 8.28. The molecule has 3 aromatic rings. The highest BCUT2D eigenvalue weighted by molar-refractivity contribution is 7.79. The molecule has 4 rings (SSSR count). The smallest absolute Gasteiger partial charge is 0.173 e. The van der Waals surface area contributed by atoms with Crippen LogP contribution in [-0.4, -0.2) is 24.2 Å². The van der Waals surface area contributed by atoms with Gasteiger partial charge in [-0.15, -0.1) is 0 Å². The third kappa shape index (κ3) is 3.38. The van der Waals surface area contributed by atoms with Crippen LogP contribution >= 0.6 is 7.14 Å². The summed E-state index contributed by atoms with van der Waals surface area (Å²) in [6.45, 7) is 0. The summed E-state index contributed by atoms with van der Waals surface area (Å²) in [5.41, 5.74) is 0.662. The van der Waals surface area contributed by atoms with E-state index < -0.39 is 24.5 Å². The lowest BCUT2D eigenvalue weighted by Crippen LogP contribution is -2.53. The Bertz CT molecular complexity index is 925. The zero-order valence-electron chi connectivity index (χ0n) is 16.6. The van der Waals surface area contributed by atoms with Gasteiger partial charge in [-0.05, 0) is 18.4 Å². The van der Waals surface area contributed by atoms with Crippen LogP contribution in [0.15, 0.2) is 91.0 Å². The van der Waals surface area contributed by atoms with Crippen molar-refractivity contribution >= 4 is 17.8 Å². The number of rotatable bonds is 7. The lowest BCUT2D eigenvalue weighted by molar-refractivity contribution is -0.0433. The van der Waals surface area contributed by atoms with Crippen LogP contribution in [0.2, 0.25) is 0 Å². The van der Waals surface area contributed by atoms with Crippen molar-refractivity contribution in [1.29, 1.82) is 0 Å². The first-order valence-electron chi connectivity index (χ1n) is 10.1. The molecule has 2 atom stereocenters. The van der Waals surface area contributed by atoms with E-state index in [9.17, 15) is 9.67 Å². The van der Waals surface area contributed by atoms with Crippen molar-refractivity contribution in [2.24, 2.45) is 0 Å². The summed E-state index contributed by atoms with van der Waals surface area (Å²) in [5.74, 6) is -0.826. The molecule has 1 aliphatic rings. The normalized spacial score (nSPS) is 17.9. The summed E-state index contributed by atoms with van der Waals surface area (Å²) in [6.07, 6.45) is 1.89. The average Bonchev–Trinajstić information content (AvgIpc) is 2.75. The van der Waals surface area contributed by atoms with Crippen LogP contribution in [0.5, 0.6) is 0 Å². The van der Waals surface area contributed by atoms with Crippen molar-refractivity contribution in [2.75, 3.05) is 7.11 Å². The van der Waals surface area contributed by atoms with E-state index in [-0.39, 0.29) is 0 Å². The summed E-state index contributed by atoms with van der Waals surface area (Å²) in [6, 6.07) is 29.0. The maximum absolute atomic E-state index is 14.7. The molecule has 4 heteroatoms. The standard InChI is InChI=1S/C25H27O3P/c1-28-24(23(26)25(18-11-19-25)20-12-5-2-6-13-20)29(27,21-14-7-3-8-15-21)22-16-9-4-10-17-22/h2-10,12-17,23-24,26H,11,18-19H2,1H3. The third-order valence-electron chi connectivity index (χ3n) is 6.31. The first-order valence-corrected chi connectivity index (χ1v) is 11.9. The van der Waals surface area contributed by atoms with Gasteiger partial charge in [0.25, 0.3) is 0 Å². The average molecular weight is 406 g/mol. The molecule has 1 aliphatic carbocycles. The fourth-order valence-electron chi connectivity index (χ4n) is 4.57. The van der Waals surface area contributed by atoms with E-state index in [4.69, 9.17) is 4.74 Å². The van der Waals surface area contributed by atoms with Crippen LogP contribution in [0, 0.1) is 0 Å². The van der Waals surface area contributed by atoms with Crippen LogP contribution in [0.4, 0.5) is 0 Å². The SMILES string of the molecule is COC(C(O)C1(c2ccccc2)CCC1)P(=O)(c1ccccc1)c1ccccc1. The van der Waals surface area contributed by atoms with Crippen molar-refractivity contribution in [3.05, 3.63) is 96.6 Å². The molecule has 0 heterocycles. The van der Waals surface area contributed by atoms with Gasteiger partial charge in [0.2, 0.25) is 0 Å². The summed E-state index contributed by atoms with van der Waals surface area (Å²) in [7, 11) is -1.70. The van der Waals surface area contributed by atoms with Crippen LogP contribution in [0.1, 0.15) is 24.8 Å². The Labute approximate surface area is 172 Å². The van der Waals surface area contributed by atoms with Gasteiger partial charge in [-0.25, -0.2) is 0 Å². The maximum Gasteiger partial charge on any atom is 0.173 e. The molecule has 0 spiro atoms. The van der Waals surface area contributed by atoms with Crippen LogP contribution in [0.3, 0.4) is 0 Å². The summed E-state index contributed by atoms with van der Waals surface area (Å²) in [5, 5.41) is 13.1. The van der Waals surface area contributed by atoms with Crippen molar-refractivity contribution in [3.63, 3.8) is 0 Å². The highest BCUT2D eigenvalue weighted by Gasteiger charge is 2.53. The van der Waals surface area contributed by atoms with Crippen molar-refractivity contribution < 1.29 is 14.4 Å². The molecule has 1 fully saturated rings. The molecular formula is C25H27O3P. The van der Waals surface area contributed by atoms with Gasteiger partial charge >= 0.3 is 0 Å². The molecule has 2 unspecified atom stereocenters. The van der Waals surface area contributed by atoms with Crippen molar-refractivity contribution in [3.8, 4) is 0 Å². The van der Waals surface area contributed by atoms with Crippen molar-refractivity contribution in [2.45, 2.75) is 36.6 Å². The topological polar surface area (TPSA) is 46.5 Å². The highest BCUT2D eigenvalue weighted by atomic mass is 31.2. The van der Waals surface area contributed by atoms with Gasteiger partial charge in [-0.2, -0.15) is 0 Å². The molecule has 0 amide bonds. The number of ether oxygens (including phenoxy) is 1. The first kappa shape index (κ1) is 20.1. The Morgan fingerprint density at radius 1 is 0.828 bits per heavy atom. The quantitative estimate of drug-likeness (QED) is 0.590. The molecule has 150 valence electrons. The predicted octanol–water partition coefficient (Wildman–Crippen LogP) is 4.46. The Hall–Kier alpha value is -2.19. The molecule has 29 heavy (non-hydrogen) atoms. The largest absolute Gasteiger partial charge is 0.389 e. The number of methoxy groups -OCH3 is 1. The second-order valence-electron chi connectivity index (χ2n) is 7.78. The molecular weight excluding hydrogens is 379 g/mol. The van der Waals surface area contributed by atoms with Gasteiger partial charge in [-0.3, -0.25) is 0 Å². The van der Waals surface area contributed by atoms with Crippen LogP contribution in [0.25, 0.3) is 0 Å². The molecule has 0 bridgehead atoms. The minimum absolute atomic E-state index is 0.429. The Balaban J connectivity index is 1.84. The number of hydrogen-bond acceptors (Lipinski definition) is 3. The van der Waals surface area contributed by atoms with Crippen LogP contribution in [-0.2, 0) is 14.7 Å². The van der Waals surface area contributed by atoms with E-state index in [0.29, 0.717) is 10.6 Å². The van der Waals surface area contributed by atoms with Crippen molar-refractivity contribution in [1.82, 2.24) is 0 Å². The lowest BCUT2D eigenvalue weighted by Gasteiger charge is -2.49. The third-order valence-corrected chi connectivity index (χ3v) is 9.65. The number of aliphatic hydroxyl groups is 1. The van der Waals surface area contributed by atoms with E-state index in [1.807, 2.05) is 78.9 Å². The minimum atomic E-state index is -3.26. The second-order valence-corrected chi connectivity index (χ2v) is 10.6. The molecule has 3 aromatic carbocycles.